The number of rotatable bonds is 4. The maximum absolute atomic E-state index is 12.7. The number of morpholine rings is 1. The molecule has 1 aromatic carbocycles. The molecule has 1 aliphatic carbocycles. The van der Waals surface area contributed by atoms with E-state index in [9.17, 15) is 8.78 Å². The highest BCUT2D eigenvalue weighted by Crippen LogP contribution is 2.41. The third kappa shape index (κ3) is 3.12. The Morgan fingerprint density at radius 3 is 2.79 bits per heavy atom. The van der Waals surface area contributed by atoms with Crippen LogP contribution in [0.15, 0.2) is 24.3 Å². The predicted molar refractivity (Wildman–Crippen MR) is 69.4 cm³/mol. The lowest BCUT2D eigenvalue weighted by Gasteiger charge is -2.32. The van der Waals surface area contributed by atoms with Crippen molar-refractivity contribution in [2.45, 2.75) is 37.8 Å². The van der Waals surface area contributed by atoms with Crippen molar-refractivity contribution in [3.63, 3.8) is 0 Å². The normalized spacial score (nSPS) is 24.9. The molecule has 1 saturated carbocycles. The standard InChI is InChI=1S/C15H19F2NO/c16-15(17)14-10-18(7-8-19-14)9-12-3-1-2-4-13(12)11-5-6-11/h1-4,11,14-15H,5-10H2. The molecular formula is C15H19F2NO. The molecule has 0 aromatic heterocycles. The van der Waals surface area contributed by atoms with Gasteiger partial charge in [0, 0.05) is 19.6 Å². The second-order valence-corrected chi connectivity index (χ2v) is 5.45. The van der Waals surface area contributed by atoms with Gasteiger partial charge in [0.15, 0.2) is 0 Å². The summed E-state index contributed by atoms with van der Waals surface area (Å²) in [5, 5.41) is 0. The lowest BCUT2D eigenvalue weighted by atomic mass is 10.0. The summed E-state index contributed by atoms with van der Waals surface area (Å²) in [6.45, 7) is 2.23. The molecule has 3 rings (SSSR count). The number of hydrogen-bond donors (Lipinski definition) is 0. The molecule has 1 saturated heterocycles. The van der Waals surface area contributed by atoms with Crippen LogP contribution in [0.1, 0.15) is 29.9 Å². The first-order valence-corrected chi connectivity index (χ1v) is 6.94. The van der Waals surface area contributed by atoms with Gasteiger partial charge in [0.2, 0.25) is 0 Å². The van der Waals surface area contributed by atoms with Crippen LogP contribution < -0.4 is 0 Å². The van der Waals surface area contributed by atoms with Gasteiger partial charge in [-0.15, -0.1) is 0 Å². The fourth-order valence-electron chi connectivity index (χ4n) is 2.74. The lowest BCUT2D eigenvalue weighted by Crippen LogP contribution is -2.45. The molecule has 0 radical (unpaired) electrons. The van der Waals surface area contributed by atoms with Crippen molar-refractivity contribution in [1.29, 1.82) is 0 Å². The van der Waals surface area contributed by atoms with Crippen molar-refractivity contribution in [3.8, 4) is 0 Å². The SMILES string of the molecule is FC(F)C1CN(Cc2ccccc2C2CC2)CCO1. The summed E-state index contributed by atoms with van der Waals surface area (Å²) >= 11 is 0. The van der Waals surface area contributed by atoms with E-state index in [0.29, 0.717) is 19.1 Å². The molecule has 1 unspecified atom stereocenters. The fourth-order valence-corrected chi connectivity index (χ4v) is 2.74. The zero-order valence-electron chi connectivity index (χ0n) is 10.9. The van der Waals surface area contributed by atoms with Crippen molar-refractivity contribution in [2.75, 3.05) is 19.7 Å². The van der Waals surface area contributed by atoms with Gasteiger partial charge in [-0.3, -0.25) is 4.90 Å². The molecule has 104 valence electrons. The molecule has 1 atom stereocenters. The van der Waals surface area contributed by atoms with Crippen LogP contribution >= 0.6 is 0 Å². The molecule has 1 heterocycles. The molecule has 2 fully saturated rings. The molecule has 2 aliphatic rings. The molecule has 2 nitrogen and oxygen atoms in total. The van der Waals surface area contributed by atoms with Gasteiger partial charge in [-0.25, -0.2) is 8.78 Å². The van der Waals surface area contributed by atoms with E-state index in [1.165, 1.54) is 24.0 Å². The summed E-state index contributed by atoms with van der Waals surface area (Å²) in [6.07, 6.45) is -0.789. The van der Waals surface area contributed by atoms with Crippen LogP contribution in [0.5, 0.6) is 0 Å². The summed E-state index contributed by atoms with van der Waals surface area (Å²) in [6, 6.07) is 8.41. The highest BCUT2D eigenvalue weighted by Gasteiger charge is 2.30. The molecule has 1 aliphatic heterocycles. The monoisotopic (exact) mass is 267 g/mol. The fraction of sp³-hybridized carbons (Fsp3) is 0.600. The highest BCUT2D eigenvalue weighted by molar-refractivity contribution is 5.33. The summed E-state index contributed by atoms with van der Waals surface area (Å²) in [5.74, 6) is 0.697. The van der Waals surface area contributed by atoms with Crippen molar-refractivity contribution in [2.24, 2.45) is 0 Å². The third-order valence-corrected chi connectivity index (χ3v) is 3.92. The summed E-state index contributed by atoms with van der Waals surface area (Å²) in [4.78, 5) is 2.08. The van der Waals surface area contributed by atoms with Gasteiger partial charge < -0.3 is 4.74 Å². The molecule has 4 heteroatoms. The largest absolute Gasteiger partial charge is 0.370 e. The Morgan fingerprint density at radius 1 is 1.26 bits per heavy atom. The van der Waals surface area contributed by atoms with Gasteiger partial charge in [-0.1, -0.05) is 24.3 Å². The first-order valence-electron chi connectivity index (χ1n) is 6.94. The molecule has 0 spiro atoms. The summed E-state index contributed by atoms with van der Waals surface area (Å²) in [7, 11) is 0. The zero-order valence-corrected chi connectivity index (χ0v) is 10.9. The molecule has 0 bridgehead atoms. The van der Waals surface area contributed by atoms with Crippen LogP contribution in [-0.4, -0.2) is 37.1 Å². The second kappa shape index (κ2) is 5.55. The van der Waals surface area contributed by atoms with Gasteiger partial charge in [0.25, 0.3) is 6.43 Å². The van der Waals surface area contributed by atoms with E-state index in [1.54, 1.807) is 0 Å². The number of hydrogen-bond acceptors (Lipinski definition) is 2. The third-order valence-electron chi connectivity index (χ3n) is 3.92. The van der Waals surface area contributed by atoms with Gasteiger partial charge in [0.05, 0.1) is 6.61 Å². The number of halogens is 2. The molecule has 0 N–H and O–H groups in total. The quantitative estimate of drug-likeness (QED) is 0.831. The van der Waals surface area contributed by atoms with Crippen LogP contribution in [0.2, 0.25) is 0 Å². The number of benzene rings is 1. The minimum atomic E-state index is -2.39. The second-order valence-electron chi connectivity index (χ2n) is 5.45. The maximum Gasteiger partial charge on any atom is 0.265 e. The van der Waals surface area contributed by atoms with Crippen molar-refractivity contribution < 1.29 is 13.5 Å². The van der Waals surface area contributed by atoms with Gasteiger partial charge >= 0.3 is 0 Å². The van der Waals surface area contributed by atoms with Crippen molar-refractivity contribution >= 4 is 0 Å². The van der Waals surface area contributed by atoms with Crippen LogP contribution in [0.3, 0.4) is 0 Å². The van der Waals surface area contributed by atoms with E-state index in [4.69, 9.17) is 4.74 Å². The van der Waals surface area contributed by atoms with Crippen LogP contribution in [0.4, 0.5) is 8.78 Å². The van der Waals surface area contributed by atoms with E-state index in [2.05, 4.69) is 23.1 Å². The Kier molecular flexibility index (Phi) is 3.80. The maximum atomic E-state index is 12.7. The van der Waals surface area contributed by atoms with Crippen molar-refractivity contribution in [1.82, 2.24) is 4.90 Å². The number of ether oxygens (including phenoxy) is 1. The summed E-state index contributed by atoms with van der Waals surface area (Å²) < 4.78 is 30.5. The van der Waals surface area contributed by atoms with Gasteiger partial charge in [-0.2, -0.15) is 0 Å². The minimum Gasteiger partial charge on any atom is -0.370 e. The molecule has 0 amide bonds. The highest BCUT2D eigenvalue weighted by atomic mass is 19.3. The zero-order chi connectivity index (χ0) is 13.2. The van der Waals surface area contributed by atoms with E-state index < -0.39 is 12.5 Å². The Morgan fingerprint density at radius 2 is 2.05 bits per heavy atom. The Labute approximate surface area is 112 Å². The Hall–Kier alpha value is -1.00. The van der Waals surface area contributed by atoms with Crippen molar-refractivity contribution in [3.05, 3.63) is 35.4 Å². The number of alkyl halides is 2. The van der Waals surface area contributed by atoms with Crippen LogP contribution in [0.25, 0.3) is 0 Å². The molecule has 19 heavy (non-hydrogen) atoms. The molecular weight excluding hydrogens is 248 g/mol. The van der Waals surface area contributed by atoms with E-state index in [0.717, 1.165) is 13.1 Å². The first-order chi connectivity index (χ1) is 9.24. The van der Waals surface area contributed by atoms with Gasteiger partial charge in [-0.05, 0) is 29.9 Å². The Balaban J connectivity index is 1.67. The summed E-state index contributed by atoms with van der Waals surface area (Å²) in [5.41, 5.74) is 2.70. The minimum absolute atomic E-state index is 0.330. The average molecular weight is 267 g/mol. The smallest absolute Gasteiger partial charge is 0.265 e. The van der Waals surface area contributed by atoms with Crippen LogP contribution in [0, 0.1) is 0 Å². The predicted octanol–water partition coefficient (Wildman–Crippen LogP) is 3.03. The molecule has 1 aromatic rings. The van der Waals surface area contributed by atoms with E-state index >= 15 is 0 Å². The van der Waals surface area contributed by atoms with E-state index in [-0.39, 0.29) is 0 Å². The van der Waals surface area contributed by atoms with Crippen LogP contribution in [-0.2, 0) is 11.3 Å². The van der Waals surface area contributed by atoms with E-state index in [1.807, 2.05) is 6.07 Å². The first kappa shape index (κ1) is 13.0. The average Bonchev–Trinajstić information content (AvgIpc) is 3.24. The topological polar surface area (TPSA) is 12.5 Å². The van der Waals surface area contributed by atoms with Gasteiger partial charge in [0.1, 0.15) is 6.10 Å². The lowest BCUT2D eigenvalue weighted by molar-refractivity contribution is -0.104. The number of nitrogens with zero attached hydrogens (tertiary/aromatic N) is 1. The Bertz CT molecular complexity index is 434.